The standard InChI is InChI=1S/C10H12FNO4/c1-6(5-15-2)16-9-8(11)7(10(13)14)3-4-12-9/h3-4,6H,5H2,1-2H3,(H,13,14). The van der Waals surface area contributed by atoms with Crippen LogP contribution in [0.1, 0.15) is 17.3 Å². The normalized spacial score (nSPS) is 12.2. The summed E-state index contributed by atoms with van der Waals surface area (Å²) in [6.07, 6.45) is 0.775. The van der Waals surface area contributed by atoms with Crippen LogP contribution >= 0.6 is 0 Å². The van der Waals surface area contributed by atoms with Crippen LogP contribution in [0, 0.1) is 5.82 Å². The fraction of sp³-hybridized carbons (Fsp3) is 0.400. The molecule has 1 N–H and O–H groups in total. The third kappa shape index (κ3) is 2.90. The Balaban J connectivity index is 2.89. The van der Waals surface area contributed by atoms with Crippen LogP contribution in [-0.2, 0) is 4.74 Å². The van der Waals surface area contributed by atoms with Crippen molar-refractivity contribution in [3.05, 3.63) is 23.6 Å². The summed E-state index contributed by atoms with van der Waals surface area (Å²) in [7, 11) is 1.48. The average molecular weight is 229 g/mol. The van der Waals surface area contributed by atoms with Crippen molar-refractivity contribution in [3.63, 3.8) is 0 Å². The summed E-state index contributed by atoms with van der Waals surface area (Å²) in [6, 6.07) is 1.07. The first-order chi connectivity index (χ1) is 7.56. The van der Waals surface area contributed by atoms with Gasteiger partial charge >= 0.3 is 5.97 Å². The quantitative estimate of drug-likeness (QED) is 0.824. The van der Waals surface area contributed by atoms with Crippen molar-refractivity contribution in [3.8, 4) is 5.88 Å². The Morgan fingerprint density at radius 3 is 2.94 bits per heavy atom. The van der Waals surface area contributed by atoms with Crippen LogP contribution in [0.5, 0.6) is 5.88 Å². The Kier molecular flexibility index (Phi) is 4.19. The molecule has 0 aliphatic rings. The molecule has 1 rings (SSSR count). The monoisotopic (exact) mass is 229 g/mol. The Bertz CT molecular complexity index is 383. The van der Waals surface area contributed by atoms with E-state index in [0.717, 1.165) is 6.07 Å². The Labute approximate surface area is 91.8 Å². The van der Waals surface area contributed by atoms with E-state index in [1.807, 2.05) is 0 Å². The highest BCUT2D eigenvalue weighted by molar-refractivity contribution is 5.88. The van der Waals surface area contributed by atoms with E-state index in [1.165, 1.54) is 13.3 Å². The van der Waals surface area contributed by atoms with E-state index >= 15 is 0 Å². The van der Waals surface area contributed by atoms with Gasteiger partial charge in [0.05, 0.1) is 6.61 Å². The van der Waals surface area contributed by atoms with Gasteiger partial charge in [0, 0.05) is 13.3 Å². The third-order valence-electron chi connectivity index (χ3n) is 1.80. The zero-order valence-corrected chi connectivity index (χ0v) is 8.94. The number of carboxylic acid groups (broad SMARTS) is 1. The molecule has 1 unspecified atom stereocenters. The molecular formula is C10H12FNO4. The van der Waals surface area contributed by atoms with Crippen LogP contribution in [0.3, 0.4) is 0 Å². The lowest BCUT2D eigenvalue weighted by atomic mass is 10.2. The minimum atomic E-state index is -1.36. The number of nitrogens with zero attached hydrogens (tertiary/aromatic N) is 1. The van der Waals surface area contributed by atoms with Crippen LogP contribution in [0.15, 0.2) is 12.3 Å². The molecule has 16 heavy (non-hydrogen) atoms. The summed E-state index contributed by atoms with van der Waals surface area (Å²) in [4.78, 5) is 14.3. The van der Waals surface area contributed by atoms with E-state index in [-0.39, 0.29) is 12.5 Å². The molecule has 0 bridgehead atoms. The van der Waals surface area contributed by atoms with E-state index < -0.39 is 23.5 Å². The topological polar surface area (TPSA) is 68.7 Å². The second kappa shape index (κ2) is 5.41. The lowest BCUT2D eigenvalue weighted by Gasteiger charge is -2.13. The molecule has 1 atom stereocenters. The second-order valence-electron chi connectivity index (χ2n) is 3.17. The number of methoxy groups -OCH3 is 1. The number of halogens is 1. The first-order valence-corrected chi connectivity index (χ1v) is 4.59. The third-order valence-corrected chi connectivity index (χ3v) is 1.80. The van der Waals surface area contributed by atoms with Crippen molar-refractivity contribution >= 4 is 5.97 Å². The first kappa shape index (κ1) is 12.4. The Morgan fingerprint density at radius 1 is 1.69 bits per heavy atom. The molecule has 88 valence electrons. The average Bonchev–Trinajstić information content (AvgIpc) is 2.21. The highest BCUT2D eigenvalue weighted by Crippen LogP contribution is 2.18. The van der Waals surface area contributed by atoms with Crippen molar-refractivity contribution in [1.29, 1.82) is 0 Å². The van der Waals surface area contributed by atoms with Gasteiger partial charge in [-0.15, -0.1) is 0 Å². The van der Waals surface area contributed by atoms with E-state index in [9.17, 15) is 9.18 Å². The number of pyridine rings is 1. The number of ether oxygens (including phenoxy) is 2. The molecule has 1 heterocycles. The molecule has 0 fully saturated rings. The summed E-state index contributed by atoms with van der Waals surface area (Å²) >= 11 is 0. The summed E-state index contributed by atoms with van der Waals surface area (Å²) in [5.74, 6) is -2.66. The molecule has 1 aromatic heterocycles. The summed E-state index contributed by atoms with van der Waals surface area (Å²) in [6.45, 7) is 1.93. The number of carbonyl (C=O) groups is 1. The number of rotatable bonds is 5. The largest absolute Gasteiger partial charge is 0.478 e. The van der Waals surface area contributed by atoms with Crippen LogP contribution in [-0.4, -0.2) is 35.9 Å². The van der Waals surface area contributed by atoms with Gasteiger partial charge in [-0.3, -0.25) is 0 Å². The molecule has 0 spiro atoms. The molecule has 0 radical (unpaired) electrons. The number of hydrogen-bond acceptors (Lipinski definition) is 4. The minimum absolute atomic E-state index is 0.262. The lowest BCUT2D eigenvalue weighted by molar-refractivity contribution is 0.0683. The van der Waals surface area contributed by atoms with Gasteiger partial charge in [0.25, 0.3) is 5.88 Å². The lowest BCUT2D eigenvalue weighted by Crippen LogP contribution is -2.20. The van der Waals surface area contributed by atoms with Crippen molar-refractivity contribution in [1.82, 2.24) is 4.98 Å². The number of aromatic nitrogens is 1. The molecular weight excluding hydrogens is 217 g/mol. The first-order valence-electron chi connectivity index (χ1n) is 4.59. The van der Waals surface area contributed by atoms with Crippen LogP contribution < -0.4 is 4.74 Å². The van der Waals surface area contributed by atoms with Gasteiger partial charge in [0.1, 0.15) is 11.7 Å². The number of carboxylic acids is 1. The molecule has 5 nitrogen and oxygen atoms in total. The Morgan fingerprint density at radius 2 is 2.38 bits per heavy atom. The minimum Gasteiger partial charge on any atom is -0.478 e. The molecule has 0 aliphatic carbocycles. The van der Waals surface area contributed by atoms with Gasteiger partial charge in [0.2, 0.25) is 0 Å². The molecule has 0 amide bonds. The zero-order valence-electron chi connectivity index (χ0n) is 8.94. The molecule has 0 saturated heterocycles. The summed E-state index contributed by atoms with van der Waals surface area (Å²) < 4.78 is 23.4. The van der Waals surface area contributed by atoms with Gasteiger partial charge in [0.15, 0.2) is 5.82 Å². The van der Waals surface area contributed by atoms with Crippen molar-refractivity contribution in [2.24, 2.45) is 0 Å². The van der Waals surface area contributed by atoms with Gasteiger partial charge in [-0.05, 0) is 13.0 Å². The van der Waals surface area contributed by atoms with Gasteiger partial charge in [-0.1, -0.05) is 0 Å². The van der Waals surface area contributed by atoms with Crippen molar-refractivity contribution in [2.45, 2.75) is 13.0 Å². The molecule has 1 aromatic rings. The van der Waals surface area contributed by atoms with E-state index in [2.05, 4.69) is 4.98 Å². The maximum atomic E-state index is 13.5. The maximum Gasteiger partial charge on any atom is 0.338 e. The summed E-state index contributed by atoms with van der Waals surface area (Å²) in [5.41, 5.74) is -0.463. The highest BCUT2D eigenvalue weighted by atomic mass is 19.1. The molecule has 0 saturated carbocycles. The zero-order chi connectivity index (χ0) is 12.1. The molecule has 0 aromatic carbocycles. The predicted molar refractivity (Wildman–Crippen MR) is 53.1 cm³/mol. The fourth-order valence-electron chi connectivity index (χ4n) is 1.13. The van der Waals surface area contributed by atoms with E-state index in [1.54, 1.807) is 6.92 Å². The van der Waals surface area contributed by atoms with Crippen molar-refractivity contribution < 1.29 is 23.8 Å². The number of aromatic carboxylic acids is 1. The SMILES string of the molecule is COCC(C)Oc1nccc(C(=O)O)c1F. The second-order valence-corrected chi connectivity index (χ2v) is 3.17. The Hall–Kier alpha value is -1.69. The van der Waals surface area contributed by atoms with Gasteiger partial charge in [-0.2, -0.15) is 0 Å². The highest BCUT2D eigenvalue weighted by Gasteiger charge is 2.17. The van der Waals surface area contributed by atoms with E-state index in [4.69, 9.17) is 14.6 Å². The van der Waals surface area contributed by atoms with Crippen LogP contribution in [0.25, 0.3) is 0 Å². The number of hydrogen-bond donors (Lipinski definition) is 1. The van der Waals surface area contributed by atoms with Crippen LogP contribution in [0.4, 0.5) is 4.39 Å². The fourth-order valence-corrected chi connectivity index (χ4v) is 1.13. The van der Waals surface area contributed by atoms with Gasteiger partial charge in [-0.25, -0.2) is 14.2 Å². The summed E-state index contributed by atoms with van der Waals surface area (Å²) in [5, 5.41) is 8.68. The molecule has 0 aliphatic heterocycles. The van der Waals surface area contributed by atoms with Crippen LogP contribution in [0.2, 0.25) is 0 Å². The maximum absolute atomic E-state index is 13.5. The van der Waals surface area contributed by atoms with E-state index in [0.29, 0.717) is 0 Å². The molecule has 6 heteroatoms. The van der Waals surface area contributed by atoms with Crippen molar-refractivity contribution in [2.75, 3.05) is 13.7 Å². The smallest absolute Gasteiger partial charge is 0.338 e. The predicted octanol–water partition coefficient (Wildman–Crippen LogP) is 1.33. The van der Waals surface area contributed by atoms with Gasteiger partial charge < -0.3 is 14.6 Å².